The quantitative estimate of drug-likeness (QED) is 0.824. The van der Waals surface area contributed by atoms with Crippen LogP contribution in [-0.4, -0.2) is 16.9 Å². The van der Waals surface area contributed by atoms with Gasteiger partial charge in [-0.15, -0.1) is 0 Å². The van der Waals surface area contributed by atoms with E-state index in [9.17, 15) is 4.79 Å². The highest BCUT2D eigenvalue weighted by Gasteiger charge is 2.09. The van der Waals surface area contributed by atoms with Crippen molar-refractivity contribution in [1.29, 1.82) is 0 Å². The van der Waals surface area contributed by atoms with Crippen molar-refractivity contribution in [2.75, 3.05) is 5.32 Å². The van der Waals surface area contributed by atoms with Crippen molar-refractivity contribution in [3.63, 3.8) is 0 Å². The topological polar surface area (TPSA) is 68.0 Å². The second kappa shape index (κ2) is 5.68. The molecule has 0 aliphatic rings. The van der Waals surface area contributed by atoms with Gasteiger partial charge in [0, 0.05) is 18.7 Å². The molecule has 1 aromatic rings. The molecule has 1 unspecified atom stereocenters. The predicted octanol–water partition coefficient (Wildman–Crippen LogP) is 1.80. The van der Waals surface area contributed by atoms with Crippen LogP contribution in [0.3, 0.4) is 0 Å². The maximum absolute atomic E-state index is 11.4. The molecule has 0 aromatic carbocycles. The summed E-state index contributed by atoms with van der Waals surface area (Å²) in [4.78, 5) is 15.4. The first kappa shape index (κ1) is 11.9. The molecule has 82 valence electrons. The van der Waals surface area contributed by atoms with E-state index in [2.05, 4.69) is 10.3 Å². The number of rotatable bonds is 4. The average molecular weight is 228 g/mol. The lowest BCUT2D eigenvalue weighted by Gasteiger charge is -2.09. The number of amides is 1. The number of anilines is 1. The first-order chi connectivity index (χ1) is 7.13. The lowest BCUT2D eigenvalue weighted by Crippen LogP contribution is -2.26. The van der Waals surface area contributed by atoms with Crippen LogP contribution in [0.15, 0.2) is 18.3 Å². The number of pyridine rings is 1. The number of halogens is 1. The van der Waals surface area contributed by atoms with E-state index in [0.717, 1.165) is 6.42 Å². The molecule has 1 heterocycles. The fourth-order valence-corrected chi connectivity index (χ4v) is 1.21. The summed E-state index contributed by atoms with van der Waals surface area (Å²) in [5.74, 6) is 0.220. The normalized spacial score (nSPS) is 12.2. The van der Waals surface area contributed by atoms with Gasteiger partial charge in [0.25, 0.3) is 0 Å². The van der Waals surface area contributed by atoms with Crippen molar-refractivity contribution in [3.8, 4) is 0 Å². The summed E-state index contributed by atoms with van der Waals surface area (Å²) < 4.78 is 0. The van der Waals surface area contributed by atoms with Gasteiger partial charge in [-0.3, -0.25) is 4.79 Å². The number of carbonyl (C=O) groups excluding carboxylic acids is 1. The largest absolute Gasteiger partial charge is 0.327 e. The van der Waals surface area contributed by atoms with E-state index < -0.39 is 0 Å². The molecular formula is C10H14ClN3O. The number of aromatic nitrogens is 1. The van der Waals surface area contributed by atoms with Crippen molar-refractivity contribution in [3.05, 3.63) is 23.4 Å². The molecule has 0 saturated heterocycles. The Hall–Kier alpha value is -1.13. The lowest BCUT2D eigenvalue weighted by molar-refractivity contribution is -0.116. The van der Waals surface area contributed by atoms with E-state index in [1.807, 2.05) is 6.92 Å². The van der Waals surface area contributed by atoms with E-state index in [1.165, 1.54) is 0 Å². The summed E-state index contributed by atoms with van der Waals surface area (Å²) in [7, 11) is 0. The summed E-state index contributed by atoms with van der Waals surface area (Å²) >= 11 is 5.83. The first-order valence-electron chi connectivity index (χ1n) is 4.79. The Morgan fingerprint density at radius 3 is 3.07 bits per heavy atom. The molecule has 0 fully saturated rings. The van der Waals surface area contributed by atoms with E-state index in [1.54, 1.807) is 18.3 Å². The van der Waals surface area contributed by atoms with Crippen LogP contribution in [0.25, 0.3) is 0 Å². The summed E-state index contributed by atoms with van der Waals surface area (Å²) in [5.41, 5.74) is 5.65. The Kier molecular flexibility index (Phi) is 4.52. The Morgan fingerprint density at radius 2 is 2.47 bits per heavy atom. The van der Waals surface area contributed by atoms with E-state index in [-0.39, 0.29) is 18.4 Å². The summed E-state index contributed by atoms with van der Waals surface area (Å²) in [6.07, 6.45) is 2.62. The van der Waals surface area contributed by atoms with Crippen LogP contribution in [0, 0.1) is 0 Å². The molecule has 1 amide bonds. The molecule has 0 bridgehead atoms. The van der Waals surface area contributed by atoms with Crippen molar-refractivity contribution in [1.82, 2.24) is 4.98 Å². The fourth-order valence-electron chi connectivity index (χ4n) is 1.04. The minimum absolute atomic E-state index is 0.118. The highest BCUT2D eigenvalue weighted by atomic mass is 35.5. The van der Waals surface area contributed by atoms with Gasteiger partial charge in [0.05, 0.1) is 5.02 Å². The molecule has 0 spiro atoms. The number of hydrogen-bond acceptors (Lipinski definition) is 3. The van der Waals surface area contributed by atoms with Crippen molar-refractivity contribution < 1.29 is 4.79 Å². The van der Waals surface area contributed by atoms with E-state index >= 15 is 0 Å². The monoisotopic (exact) mass is 227 g/mol. The Morgan fingerprint density at radius 1 is 1.73 bits per heavy atom. The highest BCUT2D eigenvalue weighted by molar-refractivity contribution is 6.33. The maximum atomic E-state index is 11.4. The van der Waals surface area contributed by atoms with E-state index in [0.29, 0.717) is 10.8 Å². The van der Waals surface area contributed by atoms with Gasteiger partial charge in [0.1, 0.15) is 0 Å². The van der Waals surface area contributed by atoms with Crippen LogP contribution in [0.4, 0.5) is 5.82 Å². The van der Waals surface area contributed by atoms with Gasteiger partial charge in [0.2, 0.25) is 5.91 Å². The minimum atomic E-state index is -0.162. The Bertz CT molecular complexity index is 343. The Balaban J connectivity index is 2.55. The van der Waals surface area contributed by atoms with Gasteiger partial charge in [-0.1, -0.05) is 18.5 Å². The van der Waals surface area contributed by atoms with E-state index in [4.69, 9.17) is 17.3 Å². The molecule has 0 radical (unpaired) electrons. The van der Waals surface area contributed by atoms with Crippen molar-refractivity contribution in [2.24, 2.45) is 5.73 Å². The molecule has 0 aliphatic carbocycles. The zero-order valence-electron chi connectivity index (χ0n) is 8.53. The molecule has 4 nitrogen and oxygen atoms in total. The number of nitrogens with zero attached hydrogens (tertiary/aromatic N) is 1. The minimum Gasteiger partial charge on any atom is -0.327 e. The van der Waals surface area contributed by atoms with Crippen LogP contribution in [-0.2, 0) is 4.79 Å². The smallest absolute Gasteiger partial charge is 0.227 e. The maximum Gasteiger partial charge on any atom is 0.227 e. The van der Waals surface area contributed by atoms with Crippen LogP contribution in [0.2, 0.25) is 5.02 Å². The number of hydrogen-bond donors (Lipinski definition) is 2. The fraction of sp³-hybridized carbons (Fsp3) is 0.400. The molecule has 15 heavy (non-hydrogen) atoms. The van der Waals surface area contributed by atoms with Gasteiger partial charge < -0.3 is 11.1 Å². The second-order valence-electron chi connectivity index (χ2n) is 3.25. The molecule has 3 N–H and O–H groups in total. The molecule has 5 heteroatoms. The zero-order chi connectivity index (χ0) is 11.3. The van der Waals surface area contributed by atoms with Crippen LogP contribution < -0.4 is 11.1 Å². The van der Waals surface area contributed by atoms with Gasteiger partial charge >= 0.3 is 0 Å². The van der Waals surface area contributed by atoms with Crippen molar-refractivity contribution >= 4 is 23.3 Å². The Labute approximate surface area is 93.8 Å². The van der Waals surface area contributed by atoms with Crippen LogP contribution in [0.5, 0.6) is 0 Å². The van der Waals surface area contributed by atoms with Crippen LogP contribution in [0.1, 0.15) is 19.8 Å². The van der Waals surface area contributed by atoms with Gasteiger partial charge in [-0.05, 0) is 18.6 Å². The number of carbonyl (C=O) groups is 1. The number of nitrogens with one attached hydrogen (secondary N) is 1. The third kappa shape index (κ3) is 3.85. The van der Waals surface area contributed by atoms with Crippen molar-refractivity contribution in [2.45, 2.75) is 25.8 Å². The van der Waals surface area contributed by atoms with Gasteiger partial charge in [-0.25, -0.2) is 4.98 Å². The summed E-state index contributed by atoms with van der Waals surface area (Å²) in [6, 6.07) is 3.26. The van der Waals surface area contributed by atoms with Crippen LogP contribution >= 0.6 is 11.6 Å². The molecule has 0 saturated carbocycles. The zero-order valence-corrected chi connectivity index (χ0v) is 9.29. The van der Waals surface area contributed by atoms with Gasteiger partial charge in [0.15, 0.2) is 5.82 Å². The second-order valence-corrected chi connectivity index (χ2v) is 3.66. The first-order valence-corrected chi connectivity index (χ1v) is 5.17. The average Bonchev–Trinajstić information content (AvgIpc) is 2.21. The molecule has 1 rings (SSSR count). The number of nitrogens with two attached hydrogens (primary N) is 1. The SMILES string of the molecule is CCC(N)CC(=O)Nc1ncccc1Cl. The van der Waals surface area contributed by atoms with Gasteiger partial charge in [-0.2, -0.15) is 0 Å². The summed E-state index contributed by atoms with van der Waals surface area (Å²) in [5, 5.41) is 3.04. The third-order valence-electron chi connectivity index (χ3n) is 1.99. The molecule has 1 aromatic heterocycles. The third-order valence-corrected chi connectivity index (χ3v) is 2.29. The molecular weight excluding hydrogens is 214 g/mol. The predicted molar refractivity (Wildman–Crippen MR) is 60.8 cm³/mol. The molecule has 0 aliphatic heterocycles. The summed E-state index contributed by atoms with van der Waals surface area (Å²) in [6.45, 7) is 1.94. The lowest BCUT2D eigenvalue weighted by atomic mass is 10.1. The highest BCUT2D eigenvalue weighted by Crippen LogP contribution is 2.17. The molecule has 1 atom stereocenters. The standard InChI is InChI=1S/C10H14ClN3O/c1-2-7(12)6-9(15)14-10-8(11)4-3-5-13-10/h3-5,7H,2,6,12H2,1H3,(H,13,14,15).